The Morgan fingerprint density at radius 1 is 1.07 bits per heavy atom. The summed E-state index contributed by atoms with van der Waals surface area (Å²) in [5.74, 6) is -2.90. The highest BCUT2D eigenvalue weighted by atomic mass is 19.4. The average Bonchev–Trinajstić information content (AvgIpc) is 3.29. The monoisotopic (exact) mass is 409 g/mol. The Hall–Kier alpha value is -2.97. The number of hydrogen-bond donors (Lipinski definition) is 1. The van der Waals surface area contributed by atoms with Crippen molar-refractivity contribution in [1.29, 1.82) is 0 Å². The molecule has 29 heavy (non-hydrogen) atoms. The molecule has 0 spiro atoms. The summed E-state index contributed by atoms with van der Waals surface area (Å²) < 4.78 is 67.4. The smallest absolute Gasteiger partial charge is 0.305 e. The quantitative estimate of drug-likeness (QED) is 0.578. The van der Waals surface area contributed by atoms with E-state index in [-0.39, 0.29) is 22.9 Å². The maximum absolute atomic E-state index is 13.4. The molecule has 1 saturated carbocycles. The van der Waals surface area contributed by atoms with E-state index in [0.29, 0.717) is 5.69 Å². The zero-order valence-corrected chi connectivity index (χ0v) is 15.1. The third-order valence-corrected chi connectivity index (χ3v) is 5.14. The fourth-order valence-electron chi connectivity index (χ4n) is 3.73. The van der Waals surface area contributed by atoms with Crippen molar-refractivity contribution >= 4 is 17.4 Å². The Morgan fingerprint density at radius 2 is 1.79 bits per heavy atom. The third kappa shape index (κ3) is 3.68. The molecule has 1 fully saturated rings. The highest BCUT2D eigenvalue weighted by Crippen LogP contribution is 2.39. The highest BCUT2D eigenvalue weighted by Gasteiger charge is 2.32. The summed E-state index contributed by atoms with van der Waals surface area (Å²) in [5, 5.41) is 2.56. The van der Waals surface area contributed by atoms with Crippen molar-refractivity contribution in [3.05, 3.63) is 65.0 Å². The number of benzene rings is 1. The van der Waals surface area contributed by atoms with E-state index in [1.807, 2.05) is 0 Å². The number of carbonyl (C=O) groups is 1. The van der Waals surface area contributed by atoms with E-state index in [1.165, 1.54) is 10.5 Å². The van der Waals surface area contributed by atoms with Gasteiger partial charge in [-0.1, -0.05) is 12.8 Å². The number of fused-ring (bicyclic) bond motifs is 1. The zero-order chi connectivity index (χ0) is 20.8. The molecule has 0 bridgehead atoms. The van der Waals surface area contributed by atoms with Gasteiger partial charge in [0.1, 0.15) is 5.65 Å². The van der Waals surface area contributed by atoms with Crippen molar-refractivity contribution in [2.75, 3.05) is 5.32 Å². The molecule has 1 N–H and O–H groups in total. The van der Waals surface area contributed by atoms with E-state index in [9.17, 15) is 26.7 Å². The van der Waals surface area contributed by atoms with Crippen LogP contribution in [0.5, 0.6) is 0 Å². The van der Waals surface area contributed by atoms with E-state index in [0.717, 1.165) is 56.1 Å². The van der Waals surface area contributed by atoms with Gasteiger partial charge in [0.2, 0.25) is 0 Å². The molecule has 1 aromatic carbocycles. The number of aromatic nitrogens is 2. The Bertz CT molecular complexity index is 1080. The number of nitrogens with zero attached hydrogens (tertiary/aromatic N) is 2. The second-order valence-electron chi connectivity index (χ2n) is 7.05. The molecule has 2 heterocycles. The van der Waals surface area contributed by atoms with Gasteiger partial charge in [0.05, 0.1) is 11.3 Å². The number of alkyl halides is 3. The lowest BCUT2D eigenvalue weighted by atomic mass is 10.0. The first-order chi connectivity index (χ1) is 13.7. The van der Waals surface area contributed by atoms with E-state index < -0.39 is 29.3 Å². The van der Waals surface area contributed by atoms with Crippen LogP contribution in [-0.2, 0) is 6.18 Å². The first-order valence-corrected chi connectivity index (χ1v) is 9.09. The molecular weight excluding hydrogens is 393 g/mol. The van der Waals surface area contributed by atoms with Gasteiger partial charge in [-0.15, -0.1) is 0 Å². The molecule has 4 nitrogen and oxygen atoms in total. The lowest BCUT2D eigenvalue weighted by Crippen LogP contribution is -2.15. The maximum atomic E-state index is 13.4. The normalized spacial score (nSPS) is 15.2. The van der Waals surface area contributed by atoms with Crippen LogP contribution in [0.1, 0.15) is 53.2 Å². The van der Waals surface area contributed by atoms with E-state index in [2.05, 4.69) is 10.3 Å². The number of amides is 1. The molecule has 0 radical (unpaired) electrons. The molecule has 0 unspecified atom stereocenters. The van der Waals surface area contributed by atoms with E-state index in [4.69, 9.17) is 0 Å². The number of pyridine rings is 1. The average molecular weight is 409 g/mol. The summed E-state index contributed by atoms with van der Waals surface area (Å²) in [6.07, 6.45) is -0.166. The highest BCUT2D eigenvalue weighted by molar-refractivity contribution is 6.04. The zero-order valence-electron chi connectivity index (χ0n) is 15.1. The summed E-state index contributed by atoms with van der Waals surface area (Å²) in [7, 11) is 0. The number of hydrogen-bond acceptors (Lipinski definition) is 2. The van der Waals surface area contributed by atoms with Crippen molar-refractivity contribution in [2.45, 2.75) is 37.8 Å². The topological polar surface area (TPSA) is 46.4 Å². The lowest BCUT2D eigenvalue weighted by Gasteiger charge is -2.14. The largest absolute Gasteiger partial charge is 0.417 e. The Balaban J connectivity index is 1.77. The summed E-state index contributed by atoms with van der Waals surface area (Å²) in [6, 6.07) is 4.90. The van der Waals surface area contributed by atoms with Gasteiger partial charge in [0.25, 0.3) is 5.91 Å². The Labute approximate surface area is 162 Å². The van der Waals surface area contributed by atoms with Gasteiger partial charge in [-0.25, -0.2) is 13.8 Å². The van der Waals surface area contributed by atoms with Crippen molar-refractivity contribution in [3.8, 4) is 0 Å². The van der Waals surface area contributed by atoms with Gasteiger partial charge in [-0.05, 0) is 43.2 Å². The molecule has 1 amide bonds. The van der Waals surface area contributed by atoms with Crippen molar-refractivity contribution < 1.29 is 26.7 Å². The standard InChI is InChI=1S/C20H16F5N3O/c21-14-7-5-12(9-15(14)22)19(29)27-18-17(11-3-1-2-4-11)28-10-13(20(23,24)25)6-8-16(28)26-18/h5-11H,1-4H2,(H,27,29). The Kier molecular flexibility index (Phi) is 4.76. The van der Waals surface area contributed by atoms with E-state index in [1.54, 1.807) is 0 Å². The van der Waals surface area contributed by atoms with Crippen molar-refractivity contribution in [2.24, 2.45) is 0 Å². The fourth-order valence-corrected chi connectivity index (χ4v) is 3.73. The predicted octanol–water partition coefficient (Wildman–Crippen LogP) is 5.54. The molecule has 1 aliphatic carbocycles. The van der Waals surface area contributed by atoms with Crippen LogP contribution < -0.4 is 5.32 Å². The summed E-state index contributed by atoms with van der Waals surface area (Å²) in [4.78, 5) is 16.8. The number of halogens is 5. The van der Waals surface area contributed by atoms with Crippen LogP contribution >= 0.6 is 0 Å². The molecule has 4 rings (SSSR count). The van der Waals surface area contributed by atoms with Gasteiger partial charge in [0, 0.05) is 17.7 Å². The number of anilines is 1. The van der Waals surface area contributed by atoms with E-state index >= 15 is 0 Å². The number of imidazole rings is 1. The van der Waals surface area contributed by atoms with Crippen LogP contribution in [0.3, 0.4) is 0 Å². The molecular formula is C20H16F5N3O. The minimum atomic E-state index is -4.51. The molecule has 3 aromatic rings. The Morgan fingerprint density at radius 3 is 2.45 bits per heavy atom. The molecule has 2 aromatic heterocycles. The summed E-state index contributed by atoms with van der Waals surface area (Å²) >= 11 is 0. The minimum absolute atomic E-state index is 0.0614. The first kappa shape index (κ1) is 19.4. The number of nitrogens with one attached hydrogen (secondary N) is 1. The molecule has 0 aliphatic heterocycles. The number of carbonyl (C=O) groups excluding carboxylic acids is 1. The molecule has 9 heteroatoms. The number of rotatable bonds is 3. The predicted molar refractivity (Wildman–Crippen MR) is 95.7 cm³/mol. The molecule has 0 saturated heterocycles. The minimum Gasteiger partial charge on any atom is -0.305 e. The van der Waals surface area contributed by atoms with Gasteiger partial charge < -0.3 is 9.72 Å². The van der Waals surface area contributed by atoms with Crippen LogP contribution in [0.25, 0.3) is 5.65 Å². The van der Waals surface area contributed by atoms with Crippen LogP contribution in [0.2, 0.25) is 0 Å². The van der Waals surface area contributed by atoms with Gasteiger partial charge in [0.15, 0.2) is 17.5 Å². The van der Waals surface area contributed by atoms with Gasteiger partial charge >= 0.3 is 6.18 Å². The van der Waals surface area contributed by atoms with Crippen LogP contribution in [0.15, 0.2) is 36.5 Å². The van der Waals surface area contributed by atoms with Crippen LogP contribution in [0.4, 0.5) is 27.8 Å². The SMILES string of the molecule is O=C(Nc1nc2ccc(C(F)(F)F)cn2c1C1CCCC1)c1ccc(F)c(F)c1. The lowest BCUT2D eigenvalue weighted by molar-refractivity contribution is -0.137. The summed E-state index contributed by atoms with van der Waals surface area (Å²) in [5.41, 5.74) is -0.186. The first-order valence-electron chi connectivity index (χ1n) is 9.09. The molecule has 1 aliphatic rings. The second kappa shape index (κ2) is 7.13. The second-order valence-corrected chi connectivity index (χ2v) is 7.05. The third-order valence-electron chi connectivity index (χ3n) is 5.14. The fraction of sp³-hybridized carbons (Fsp3) is 0.300. The van der Waals surface area contributed by atoms with Crippen LogP contribution in [-0.4, -0.2) is 15.3 Å². The van der Waals surface area contributed by atoms with Gasteiger partial charge in [-0.3, -0.25) is 4.79 Å². The van der Waals surface area contributed by atoms with Crippen molar-refractivity contribution in [1.82, 2.24) is 9.38 Å². The maximum Gasteiger partial charge on any atom is 0.417 e. The van der Waals surface area contributed by atoms with Crippen molar-refractivity contribution in [3.63, 3.8) is 0 Å². The summed E-state index contributed by atoms with van der Waals surface area (Å²) in [6.45, 7) is 0. The molecule has 152 valence electrons. The van der Waals surface area contributed by atoms with Gasteiger partial charge in [-0.2, -0.15) is 13.2 Å². The van der Waals surface area contributed by atoms with Crippen LogP contribution in [0, 0.1) is 11.6 Å². The molecule has 0 atom stereocenters.